The van der Waals surface area contributed by atoms with Gasteiger partial charge in [0.1, 0.15) is 17.8 Å². The summed E-state index contributed by atoms with van der Waals surface area (Å²) in [4.78, 5) is 40.6. The number of nitrogens with two attached hydrogens (primary N) is 1. The molecular formula is C33H45NO7. The molecule has 3 aliphatic rings. The molecule has 0 aromatic heterocycles. The topological polar surface area (TPSA) is 158 Å². The summed E-state index contributed by atoms with van der Waals surface area (Å²) in [6.45, 7) is 13.2. The first-order valence-corrected chi connectivity index (χ1v) is 14.8. The maximum absolute atomic E-state index is 14.4. The van der Waals surface area contributed by atoms with Crippen molar-refractivity contribution in [1.82, 2.24) is 0 Å². The fraction of sp³-hybridized carbons (Fsp3) is 0.667. The van der Waals surface area contributed by atoms with Gasteiger partial charge in [-0.15, -0.1) is 0 Å². The van der Waals surface area contributed by atoms with Crippen LogP contribution in [-0.2, 0) is 16.0 Å². The number of aliphatic hydroxyl groups is 3. The van der Waals surface area contributed by atoms with E-state index in [1.54, 1.807) is 6.92 Å². The quantitative estimate of drug-likeness (QED) is 0.208. The summed E-state index contributed by atoms with van der Waals surface area (Å²) in [7, 11) is 0. The van der Waals surface area contributed by atoms with E-state index in [9.17, 15) is 34.8 Å². The minimum atomic E-state index is -2.52. The zero-order chi connectivity index (χ0) is 30.8. The summed E-state index contributed by atoms with van der Waals surface area (Å²) in [6, 6.07) is 1.84. The van der Waals surface area contributed by atoms with E-state index in [0.717, 1.165) is 18.4 Å². The van der Waals surface area contributed by atoms with Crippen molar-refractivity contribution >= 4 is 17.5 Å². The van der Waals surface area contributed by atoms with Crippen molar-refractivity contribution in [3.63, 3.8) is 0 Å². The molecule has 1 aromatic rings. The minimum Gasteiger partial charge on any atom is -0.506 e. The molecule has 4 rings (SSSR count). The van der Waals surface area contributed by atoms with E-state index < -0.39 is 63.9 Å². The highest BCUT2D eigenvalue weighted by Gasteiger charge is 2.75. The van der Waals surface area contributed by atoms with Crippen LogP contribution in [0.1, 0.15) is 107 Å². The third kappa shape index (κ3) is 4.35. The summed E-state index contributed by atoms with van der Waals surface area (Å²) < 4.78 is 0. The van der Waals surface area contributed by atoms with E-state index in [-0.39, 0.29) is 29.6 Å². The second-order valence-corrected chi connectivity index (χ2v) is 13.8. The largest absolute Gasteiger partial charge is 0.506 e. The smallest absolute Gasteiger partial charge is 0.230 e. The molecule has 1 amide bonds. The lowest BCUT2D eigenvalue weighted by Crippen LogP contribution is -2.79. The molecule has 2 fully saturated rings. The molecule has 1 aromatic carbocycles. The third-order valence-electron chi connectivity index (χ3n) is 10.3. The average molecular weight is 568 g/mol. The lowest BCUT2D eigenvalue weighted by molar-refractivity contribution is -0.265. The highest BCUT2D eigenvalue weighted by Crippen LogP contribution is 2.66. The Labute approximate surface area is 242 Å². The number of carbonyl (C=O) groups is 3. The van der Waals surface area contributed by atoms with Crippen LogP contribution in [0.15, 0.2) is 6.07 Å². The molecule has 0 bridgehead atoms. The average Bonchev–Trinajstić information content (AvgIpc) is 2.84. The van der Waals surface area contributed by atoms with Crippen LogP contribution in [0.4, 0.5) is 0 Å². The van der Waals surface area contributed by atoms with E-state index in [4.69, 9.17) is 5.73 Å². The van der Waals surface area contributed by atoms with Crippen LogP contribution in [0.3, 0.4) is 0 Å². The number of rotatable bonds is 5. The lowest BCUT2D eigenvalue weighted by atomic mass is 9.39. The number of hydrogen-bond acceptors (Lipinski definition) is 7. The molecule has 0 saturated heterocycles. The standard InChI is InChI=1S/C33H45NO7/c1-8-9-10-11-12-18-13-19(16(2)3)20-14-31(6)15-32(7)23(17(4)5)27(37)22(30(34)40)28(38)33(32,41)29(39)24(31)26(36)21(20)25(18)35/h13,16-17,22-24,27,29,35,37,39,41H,8-10,14-15H2,1-7H3,(H2,34,40)/t22-,23+,24-,27?,29?,31-,32-,33+/m1/s1. The van der Waals surface area contributed by atoms with Gasteiger partial charge in [-0.2, -0.15) is 0 Å². The minimum absolute atomic E-state index is 0.00680. The molecule has 8 atom stereocenters. The summed E-state index contributed by atoms with van der Waals surface area (Å²) in [5.74, 6) is -0.917. The number of benzene rings is 1. The van der Waals surface area contributed by atoms with Gasteiger partial charge in [0.2, 0.25) is 5.91 Å². The fourth-order valence-electron chi connectivity index (χ4n) is 8.66. The Morgan fingerprint density at radius 3 is 2.34 bits per heavy atom. The van der Waals surface area contributed by atoms with E-state index in [2.05, 4.69) is 18.8 Å². The molecule has 2 unspecified atom stereocenters. The van der Waals surface area contributed by atoms with Crippen molar-refractivity contribution in [3.05, 3.63) is 28.3 Å². The van der Waals surface area contributed by atoms with E-state index in [1.807, 2.05) is 40.7 Å². The molecule has 8 nitrogen and oxygen atoms in total. The molecule has 224 valence electrons. The van der Waals surface area contributed by atoms with Crippen molar-refractivity contribution in [3.8, 4) is 17.6 Å². The normalized spacial score (nSPS) is 36.3. The number of carbonyl (C=O) groups excluding carboxylic acids is 3. The predicted molar refractivity (Wildman–Crippen MR) is 154 cm³/mol. The maximum atomic E-state index is 14.4. The first kappa shape index (κ1) is 31.2. The zero-order valence-corrected chi connectivity index (χ0v) is 25.2. The zero-order valence-electron chi connectivity index (χ0n) is 25.2. The maximum Gasteiger partial charge on any atom is 0.230 e. The van der Waals surface area contributed by atoms with Crippen LogP contribution < -0.4 is 5.73 Å². The number of primary amides is 1. The number of aromatic hydroxyl groups is 1. The van der Waals surface area contributed by atoms with Gasteiger partial charge in [0, 0.05) is 11.8 Å². The second-order valence-electron chi connectivity index (χ2n) is 13.8. The molecule has 6 N–H and O–H groups in total. The van der Waals surface area contributed by atoms with Gasteiger partial charge >= 0.3 is 0 Å². The van der Waals surface area contributed by atoms with Gasteiger partial charge in [0.25, 0.3) is 0 Å². The van der Waals surface area contributed by atoms with Gasteiger partial charge < -0.3 is 26.2 Å². The molecule has 0 aliphatic heterocycles. The number of phenolic OH excluding ortho intramolecular Hbond substituents is 1. The van der Waals surface area contributed by atoms with E-state index in [1.165, 1.54) is 0 Å². The van der Waals surface area contributed by atoms with Crippen LogP contribution in [0.25, 0.3) is 0 Å². The number of aliphatic hydroxyl groups excluding tert-OH is 2. The number of fused-ring (bicyclic) bond motifs is 3. The van der Waals surface area contributed by atoms with E-state index >= 15 is 0 Å². The van der Waals surface area contributed by atoms with E-state index in [0.29, 0.717) is 24.0 Å². The monoisotopic (exact) mass is 567 g/mol. The highest BCUT2D eigenvalue weighted by atomic mass is 16.4. The first-order chi connectivity index (χ1) is 19.0. The summed E-state index contributed by atoms with van der Waals surface area (Å²) in [5, 5.41) is 46.8. The number of hydrogen-bond donors (Lipinski definition) is 5. The molecule has 0 radical (unpaired) electrons. The second kappa shape index (κ2) is 10.5. The first-order valence-electron chi connectivity index (χ1n) is 14.8. The van der Waals surface area contributed by atoms with Crippen molar-refractivity contribution < 1.29 is 34.8 Å². The van der Waals surface area contributed by atoms with Crippen molar-refractivity contribution in [2.24, 2.45) is 40.2 Å². The number of phenols is 1. The summed E-state index contributed by atoms with van der Waals surface area (Å²) >= 11 is 0. The molecule has 3 aliphatic carbocycles. The Kier molecular flexibility index (Phi) is 8.01. The number of amides is 1. The van der Waals surface area contributed by atoms with Gasteiger partial charge in [-0.05, 0) is 59.6 Å². The van der Waals surface area contributed by atoms with Crippen LogP contribution in [0, 0.1) is 46.3 Å². The van der Waals surface area contributed by atoms with Crippen LogP contribution in [0.5, 0.6) is 5.75 Å². The van der Waals surface area contributed by atoms with Gasteiger partial charge in [-0.25, -0.2) is 0 Å². The van der Waals surface area contributed by atoms with Gasteiger partial charge in [-0.3, -0.25) is 14.4 Å². The Balaban J connectivity index is 1.95. The number of unbranched alkanes of at least 4 members (excludes halogenated alkanes) is 2. The number of ketones is 2. The Bertz CT molecular complexity index is 1340. The van der Waals surface area contributed by atoms with Crippen LogP contribution >= 0.6 is 0 Å². The molecule has 0 spiro atoms. The van der Waals surface area contributed by atoms with Gasteiger partial charge in [0.05, 0.1) is 23.1 Å². The predicted octanol–water partition coefficient (Wildman–Crippen LogP) is 3.24. The Hall–Kier alpha value is -2.73. The molecule has 2 saturated carbocycles. The van der Waals surface area contributed by atoms with Gasteiger partial charge in [-0.1, -0.05) is 66.7 Å². The highest BCUT2D eigenvalue weighted by molar-refractivity contribution is 6.09. The molecule has 8 heteroatoms. The third-order valence-corrected chi connectivity index (χ3v) is 10.3. The lowest BCUT2D eigenvalue weighted by Gasteiger charge is -2.66. The summed E-state index contributed by atoms with van der Waals surface area (Å²) in [6.07, 6.45) is -0.382. The van der Waals surface area contributed by atoms with Crippen molar-refractivity contribution in [1.29, 1.82) is 0 Å². The Morgan fingerprint density at radius 2 is 1.80 bits per heavy atom. The molecule has 41 heavy (non-hydrogen) atoms. The van der Waals surface area contributed by atoms with Crippen molar-refractivity contribution in [2.75, 3.05) is 0 Å². The molecular weight excluding hydrogens is 522 g/mol. The summed E-state index contributed by atoms with van der Waals surface area (Å²) in [5.41, 5.74) is 2.67. The van der Waals surface area contributed by atoms with Crippen LogP contribution in [0.2, 0.25) is 0 Å². The van der Waals surface area contributed by atoms with Crippen molar-refractivity contribution in [2.45, 2.75) is 104 Å². The SMILES string of the molecule is CCCCC#Cc1cc(C(C)C)c2c(c1O)C(=O)[C@@H]1C(O)[C@@]3(O)C(=O)[C@H](C(N)=O)C(O)[C@H](C(C)C)[C@@]3(C)C[C@@]1(C)C2. The van der Waals surface area contributed by atoms with Crippen LogP contribution in [-0.4, -0.2) is 55.7 Å². The van der Waals surface area contributed by atoms with Gasteiger partial charge in [0.15, 0.2) is 17.2 Å². The Morgan fingerprint density at radius 1 is 1.17 bits per heavy atom. The molecule has 0 heterocycles. The fourth-order valence-corrected chi connectivity index (χ4v) is 8.66. The number of Topliss-reactive ketones (excluding diaryl/α,β-unsaturated/α-hetero) is 2.